The minimum Gasteiger partial charge on any atom is -0.208 e. The van der Waals surface area contributed by atoms with Crippen molar-refractivity contribution in [1.82, 2.24) is 15.0 Å². The molecule has 0 radical (unpaired) electrons. The van der Waals surface area contributed by atoms with Crippen molar-refractivity contribution in [3.63, 3.8) is 0 Å². The minimum absolute atomic E-state index is 0.665. The van der Waals surface area contributed by atoms with Crippen LogP contribution in [0.1, 0.15) is 0 Å². The molecule has 0 saturated heterocycles. The molecule has 0 aliphatic carbocycles. The van der Waals surface area contributed by atoms with Gasteiger partial charge in [-0.2, -0.15) is 0 Å². The SMILES string of the molecule is c1ccc(-c2cccc(-c3nc(-c4ccccc4)nc(-c4ccc5c(c4)sc4ccccc45)n3)c2)cc1. The fourth-order valence-electron chi connectivity index (χ4n) is 4.68. The Morgan fingerprint density at radius 2 is 0.892 bits per heavy atom. The number of thiophene rings is 1. The topological polar surface area (TPSA) is 38.7 Å². The zero-order valence-corrected chi connectivity index (χ0v) is 20.7. The second kappa shape index (κ2) is 9.08. The van der Waals surface area contributed by atoms with Crippen LogP contribution in [0.4, 0.5) is 0 Å². The van der Waals surface area contributed by atoms with Gasteiger partial charge in [-0.3, -0.25) is 0 Å². The number of rotatable bonds is 4. The molecule has 0 bridgehead atoms. The van der Waals surface area contributed by atoms with E-state index in [0.29, 0.717) is 17.5 Å². The molecule has 0 saturated carbocycles. The van der Waals surface area contributed by atoms with Crippen LogP contribution in [-0.4, -0.2) is 15.0 Å². The molecule has 0 atom stereocenters. The summed E-state index contributed by atoms with van der Waals surface area (Å²) in [6, 6.07) is 43.9. The number of hydrogen-bond acceptors (Lipinski definition) is 4. The smallest absolute Gasteiger partial charge is 0.164 e. The van der Waals surface area contributed by atoms with Crippen LogP contribution in [-0.2, 0) is 0 Å². The molecule has 0 N–H and O–H groups in total. The van der Waals surface area contributed by atoms with E-state index in [0.717, 1.165) is 27.8 Å². The van der Waals surface area contributed by atoms with Crippen molar-refractivity contribution >= 4 is 31.5 Å². The summed E-state index contributed by atoms with van der Waals surface area (Å²) in [5.74, 6) is 2.01. The van der Waals surface area contributed by atoms with E-state index in [4.69, 9.17) is 15.0 Å². The first-order valence-electron chi connectivity index (χ1n) is 12.2. The molecule has 174 valence electrons. The van der Waals surface area contributed by atoms with Crippen LogP contribution in [0.25, 0.3) is 65.5 Å². The summed E-state index contributed by atoms with van der Waals surface area (Å²) in [7, 11) is 0. The fourth-order valence-corrected chi connectivity index (χ4v) is 5.83. The Morgan fingerprint density at radius 1 is 0.351 bits per heavy atom. The van der Waals surface area contributed by atoms with Crippen LogP contribution in [0.3, 0.4) is 0 Å². The minimum atomic E-state index is 0.665. The maximum Gasteiger partial charge on any atom is 0.164 e. The molecule has 7 rings (SSSR count). The molecule has 3 nitrogen and oxygen atoms in total. The van der Waals surface area contributed by atoms with Crippen LogP contribution >= 0.6 is 11.3 Å². The second-order valence-corrected chi connectivity index (χ2v) is 10.0. The van der Waals surface area contributed by atoms with Gasteiger partial charge in [0.25, 0.3) is 0 Å². The average Bonchev–Trinajstić information content (AvgIpc) is 3.36. The third-order valence-corrected chi connectivity index (χ3v) is 7.67. The van der Waals surface area contributed by atoms with Crippen LogP contribution in [0.15, 0.2) is 127 Å². The van der Waals surface area contributed by atoms with Crippen molar-refractivity contribution in [2.45, 2.75) is 0 Å². The molecule has 0 unspecified atom stereocenters. The van der Waals surface area contributed by atoms with Gasteiger partial charge in [0.15, 0.2) is 17.5 Å². The lowest BCUT2D eigenvalue weighted by atomic mass is 10.0. The summed E-state index contributed by atoms with van der Waals surface area (Å²) >= 11 is 1.80. The molecule has 37 heavy (non-hydrogen) atoms. The zero-order chi connectivity index (χ0) is 24.6. The molecule has 0 fully saturated rings. The standard InChI is InChI=1S/C33H21N3S/c1-3-10-22(11-4-1)24-14-9-15-25(20-24)32-34-31(23-12-5-2-6-13-23)35-33(36-32)26-18-19-28-27-16-7-8-17-29(27)37-30(28)21-26/h1-21H. The molecule has 0 spiro atoms. The van der Waals surface area contributed by atoms with Gasteiger partial charge in [0.1, 0.15) is 0 Å². The molecule has 0 amide bonds. The molecule has 2 heterocycles. The number of nitrogens with zero attached hydrogens (tertiary/aromatic N) is 3. The third kappa shape index (κ3) is 4.07. The quantitative estimate of drug-likeness (QED) is 0.247. The lowest BCUT2D eigenvalue weighted by Gasteiger charge is -2.10. The Morgan fingerprint density at radius 3 is 1.65 bits per heavy atom. The van der Waals surface area contributed by atoms with Gasteiger partial charge in [0.2, 0.25) is 0 Å². The van der Waals surface area contributed by atoms with E-state index in [9.17, 15) is 0 Å². The van der Waals surface area contributed by atoms with Gasteiger partial charge in [-0.25, -0.2) is 15.0 Å². The van der Waals surface area contributed by atoms with E-state index >= 15 is 0 Å². The first-order chi connectivity index (χ1) is 18.3. The predicted molar refractivity (Wildman–Crippen MR) is 154 cm³/mol. The summed E-state index contributed by atoms with van der Waals surface area (Å²) in [5.41, 5.74) is 5.21. The van der Waals surface area contributed by atoms with E-state index in [1.807, 2.05) is 36.4 Å². The molecule has 0 aliphatic rings. The molecule has 7 aromatic rings. The van der Waals surface area contributed by atoms with E-state index in [1.165, 1.54) is 20.2 Å². The van der Waals surface area contributed by atoms with Crippen molar-refractivity contribution in [1.29, 1.82) is 0 Å². The highest BCUT2D eigenvalue weighted by atomic mass is 32.1. The maximum absolute atomic E-state index is 4.98. The van der Waals surface area contributed by atoms with E-state index in [1.54, 1.807) is 11.3 Å². The Hall–Kier alpha value is -4.67. The van der Waals surface area contributed by atoms with Gasteiger partial charge in [0.05, 0.1) is 0 Å². The number of hydrogen-bond donors (Lipinski definition) is 0. The highest BCUT2D eigenvalue weighted by Crippen LogP contribution is 2.36. The van der Waals surface area contributed by atoms with Gasteiger partial charge >= 0.3 is 0 Å². The summed E-state index contributed by atoms with van der Waals surface area (Å²) in [6.45, 7) is 0. The van der Waals surface area contributed by atoms with Crippen LogP contribution in [0.5, 0.6) is 0 Å². The predicted octanol–water partition coefficient (Wildman–Crippen LogP) is 8.91. The molecule has 0 aliphatic heterocycles. The lowest BCUT2D eigenvalue weighted by molar-refractivity contribution is 1.07. The molecular weight excluding hydrogens is 470 g/mol. The maximum atomic E-state index is 4.98. The number of fused-ring (bicyclic) bond motifs is 3. The van der Waals surface area contributed by atoms with E-state index in [2.05, 4.69) is 91.0 Å². The normalized spacial score (nSPS) is 11.2. The Balaban J connectivity index is 1.40. The van der Waals surface area contributed by atoms with Crippen LogP contribution < -0.4 is 0 Å². The number of benzene rings is 5. The lowest BCUT2D eigenvalue weighted by Crippen LogP contribution is -2.00. The Labute approximate surface area is 218 Å². The fraction of sp³-hybridized carbons (Fsp3) is 0. The molecule has 2 aromatic heterocycles. The molecule has 4 heteroatoms. The average molecular weight is 492 g/mol. The van der Waals surface area contributed by atoms with E-state index in [-0.39, 0.29) is 0 Å². The second-order valence-electron chi connectivity index (χ2n) is 8.93. The molecular formula is C33H21N3S. The highest BCUT2D eigenvalue weighted by Gasteiger charge is 2.14. The highest BCUT2D eigenvalue weighted by molar-refractivity contribution is 7.25. The van der Waals surface area contributed by atoms with Crippen LogP contribution in [0, 0.1) is 0 Å². The van der Waals surface area contributed by atoms with Crippen molar-refractivity contribution in [2.75, 3.05) is 0 Å². The zero-order valence-electron chi connectivity index (χ0n) is 19.9. The summed E-state index contributed by atoms with van der Waals surface area (Å²) in [6.07, 6.45) is 0. The number of aromatic nitrogens is 3. The summed E-state index contributed by atoms with van der Waals surface area (Å²) < 4.78 is 2.52. The van der Waals surface area contributed by atoms with Gasteiger partial charge in [-0.05, 0) is 29.3 Å². The summed E-state index contributed by atoms with van der Waals surface area (Å²) in [4.78, 5) is 14.8. The summed E-state index contributed by atoms with van der Waals surface area (Å²) in [5, 5.41) is 2.55. The van der Waals surface area contributed by atoms with Crippen molar-refractivity contribution < 1.29 is 0 Å². The van der Waals surface area contributed by atoms with Crippen molar-refractivity contribution in [2.24, 2.45) is 0 Å². The van der Waals surface area contributed by atoms with Gasteiger partial charge < -0.3 is 0 Å². The van der Waals surface area contributed by atoms with Gasteiger partial charge in [-0.15, -0.1) is 11.3 Å². The van der Waals surface area contributed by atoms with Crippen LogP contribution in [0.2, 0.25) is 0 Å². The van der Waals surface area contributed by atoms with Crippen molar-refractivity contribution in [3.05, 3.63) is 127 Å². The third-order valence-electron chi connectivity index (χ3n) is 6.53. The van der Waals surface area contributed by atoms with E-state index < -0.39 is 0 Å². The first kappa shape index (κ1) is 21.6. The first-order valence-corrected chi connectivity index (χ1v) is 13.0. The largest absolute Gasteiger partial charge is 0.208 e. The Bertz CT molecular complexity index is 1880. The monoisotopic (exact) mass is 491 g/mol. The van der Waals surface area contributed by atoms with Gasteiger partial charge in [-0.1, -0.05) is 109 Å². The Kier molecular flexibility index (Phi) is 5.30. The van der Waals surface area contributed by atoms with Gasteiger partial charge in [0, 0.05) is 36.9 Å². The molecule has 5 aromatic carbocycles. The van der Waals surface area contributed by atoms with Crippen molar-refractivity contribution in [3.8, 4) is 45.3 Å².